The van der Waals surface area contributed by atoms with Gasteiger partial charge in [-0.25, -0.2) is 0 Å². The highest BCUT2D eigenvalue weighted by Crippen LogP contribution is 2.26. The molecular weight excluding hydrogens is 324 g/mol. The van der Waals surface area contributed by atoms with Gasteiger partial charge in [-0.3, -0.25) is 9.59 Å². The maximum Gasteiger partial charge on any atom is 0.296 e. The van der Waals surface area contributed by atoms with E-state index >= 15 is 0 Å². The van der Waals surface area contributed by atoms with Crippen LogP contribution in [-0.4, -0.2) is 16.3 Å². The summed E-state index contributed by atoms with van der Waals surface area (Å²) >= 11 is 6.06. The maximum atomic E-state index is 12.7. The average molecular weight is 341 g/mol. The molecule has 0 fully saturated rings. The molecule has 0 bridgehead atoms. The Morgan fingerprint density at radius 3 is 2.50 bits per heavy atom. The summed E-state index contributed by atoms with van der Waals surface area (Å²) < 4.78 is 1.92. The van der Waals surface area contributed by atoms with Crippen molar-refractivity contribution >= 4 is 39.9 Å². The summed E-state index contributed by atoms with van der Waals surface area (Å²) in [4.78, 5) is 25.1. The molecule has 0 atom stereocenters. The number of carbonyl (C=O) groups is 2. The molecule has 1 N–H and O–H groups in total. The largest absolute Gasteiger partial charge is 0.347 e. The molecule has 2 aromatic carbocycles. The number of halogens is 1. The molecule has 0 radical (unpaired) electrons. The molecule has 0 saturated heterocycles. The quantitative estimate of drug-likeness (QED) is 0.572. The van der Waals surface area contributed by atoms with E-state index in [-0.39, 0.29) is 0 Å². The fraction of sp³-hybridized carbons (Fsp3) is 0.158. The van der Waals surface area contributed by atoms with Crippen molar-refractivity contribution in [3.63, 3.8) is 0 Å². The van der Waals surface area contributed by atoms with Crippen LogP contribution >= 0.6 is 11.6 Å². The van der Waals surface area contributed by atoms with E-state index in [1.165, 1.54) is 0 Å². The fourth-order valence-electron chi connectivity index (χ4n) is 2.78. The Balaban J connectivity index is 1.96. The molecule has 1 heterocycles. The molecule has 0 spiro atoms. The number of aromatic nitrogens is 1. The van der Waals surface area contributed by atoms with Crippen LogP contribution in [0.5, 0.6) is 0 Å². The number of aryl methyl sites for hydroxylation is 2. The number of ketones is 1. The molecule has 0 aliphatic carbocycles. The predicted octanol–water partition coefficient (Wildman–Crippen LogP) is 4.27. The van der Waals surface area contributed by atoms with Crippen molar-refractivity contribution in [3.8, 4) is 0 Å². The van der Waals surface area contributed by atoms with E-state index in [9.17, 15) is 9.59 Å². The van der Waals surface area contributed by atoms with Crippen LogP contribution in [0.15, 0.2) is 42.5 Å². The van der Waals surface area contributed by atoms with Crippen molar-refractivity contribution in [1.29, 1.82) is 0 Å². The molecule has 5 heteroatoms. The third-order valence-corrected chi connectivity index (χ3v) is 4.67. The zero-order valence-corrected chi connectivity index (χ0v) is 14.4. The van der Waals surface area contributed by atoms with Crippen LogP contribution in [0.1, 0.15) is 21.6 Å². The van der Waals surface area contributed by atoms with E-state index in [2.05, 4.69) is 5.32 Å². The number of Topliss-reactive ketones (excluding diaryl/α,β-unsaturated/α-hetero) is 1. The predicted molar refractivity (Wildman–Crippen MR) is 96.8 cm³/mol. The molecule has 122 valence electrons. The van der Waals surface area contributed by atoms with Crippen LogP contribution in [0.4, 0.5) is 5.69 Å². The Hall–Kier alpha value is -2.59. The lowest BCUT2D eigenvalue weighted by Crippen LogP contribution is -2.23. The zero-order valence-electron chi connectivity index (χ0n) is 13.7. The van der Waals surface area contributed by atoms with Gasteiger partial charge in [0, 0.05) is 34.4 Å². The molecule has 0 aliphatic rings. The second kappa shape index (κ2) is 6.13. The van der Waals surface area contributed by atoms with Gasteiger partial charge in [-0.1, -0.05) is 35.9 Å². The molecule has 24 heavy (non-hydrogen) atoms. The summed E-state index contributed by atoms with van der Waals surface area (Å²) in [7, 11) is 1.88. The summed E-state index contributed by atoms with van der Waals surface area (Å²) in [5, 5.41) is 3.95. The first-order chi connectivity index (χ1) is 11.4. The number of rotatable bonds is 3. The minimum absolute atomic E-state index is 0.434. The van der Waals surface area contributed by atoms with E-state index in [4.69, 9.17) is 11.6 Å². The second-order valence-corrected chi connectivity index (χ2v) is 6.19. The maximum absolute atomic E-state index is 12.7. The van der Waals surface area contributed by atoms with Crippen LogP contribution in [0.25, 0.3) is 10.9 Å². The van der Waals surface area contributed by atoms with Crippen molar-refractivity contribution in [2.45, 2.75) is 13.8 Å². The van der Waals surface area contributed by atoms with Gasteiger partial charge in [-0.2, -0.15) is 0 Å². The van der Waals surface area contributed by atoms with Gasteiger partial charge in [0.25, 0.3) is 11.7 Å². The smallest absolute Gasteiger partial charge is 0.296 e. The number of amides is 1. The summed E-state index contributed by atoms with van der Waals surface area (Å²) in [6.45, 7) is 3.71. The number of nitrogens with zero attached hydrogens (tertiary/aromatic N) is 1. The van der Waals surface area contributed by atoms with Crippen LogP contribution in [0.2, 0.25) is 5.02 Å². The van der Waals surface area contributed by atoms with Crippen molar-refractivity contribution in [2.75, 3.05) is 5.32 Å². The van der Waals surface area contributed by atoms with E-state index < -0.39 is 11.7 Å². The monoisotopic (exact) mass is 340 g/mol. The lowest BCUT2D eigenvalue weighted by Gasteiger charge is -2.07. The molecule has 0 unspecified atom stereocenters. The van der Waals surface area contributed by atoms with Crippen LogP contribution in [0.3, 0.4) is 0 Å². The van der Waals surface area contributed by atoms with Crippen molar-refractivity contribution in [1.82, 2.24) is 4.57 Å². The van der Waals surface area contributed by atoms with E-state index in [1.807, 2.05) is 49.7 Å². The van der Waals surface area contributed by atoms with Gasteiger partial charge in [0.1, 0.15) is 0 Å². The summed E-state index contributed by atoms with van der Waals surface area (Å²) in [6.07, 6.45) is 0. The lowest BCUT2D eigenvalue weighted by molar-refractivity contribution is -0.112. The molecule has 1 aromatic heterocycles. The molecule has 3 rings (SSSR count). The first-order valence-electron chi connectivity index (χ1n) is 7.56. The zero-order chi connectivity index (χ0) is 17.4. The highest BCUT2D eigenvalue weighted by molar-refractivity contribution is 6.48. The van der Waals surface area contributed by atoms with Crippen LogP contribution in [-0.2, 0) is 11.8 Å². The van der Waals surface area contributed by atoms with Gasteiger partial charge in [-0.15, -0.1) is 0 Å². The number of hydrogen-bond acceptors (Lipinski definition) is 2. The third kappa shape index (κ3) is 2.69. The Kier molecular flexibility index (Phi) is 4.16. The Labute approximate surface area is 145 Å². The van der Waals surface area contributed by atoms with Crippen LogP contribution in [0, 0.1) is 13.8 Å². The Morgan fingerprint density at radius 1 is 1.08 bits per heavy atom. The van der Waals surface area contributed by atoms with E-state index in [0.717, 1.165) is 22.2 Å². The second-order valence-electron chi connectivity index (χ2n) is 5.78. The molecular formula is C19H17ClN2O2. The van der Waals surface area contributed by atoms with Gasteiger partial charge in [0.2, 0.25) is 0 Å². The molecule has 4 nitrogen and oxygen atoms in total. The first kappa shape index (κ1) is 16.3. The number of para-hydroxylation sites is 1. The highest BCUT2D eigenvalue weighted by Gasteiger charge is 2.24. The van der Waals surface area contributed by atoms with Gasteiger partial charge < -0.3 is 9.88 Å². The number of hydrogen-bond donors (Lipinski definition) is 1. The van der Waals surface area contributed by atoms with Gasteiger partial charge in [-0.05, 0) is 37.6 Å². The molecule has 0 aliphatic heterocycles. The number of fused-ring (bicyclic) bond motifs is 1. The number of nitrogens with one attached hydrogen (secondary N) is 1. The first-order valence-corrected chi connectivity index (χ1v) is 7.94. The minimum Gasteiger partial charge on any atom is -0.347 e. The standard InChI is InChI=1S/C19H17ClN2O2/c1-11-8-9-13(10-15(11)20)21-19(24)18(23)17-12(2)22(3)16-7-5-4-6-14(16)17/h4-10H,1-3H3,(H,21,24). The lowest BCUT2D eigenvalue weighted by atomic mass is 10.1. The summed E-state index contributed by atoms with van der Waals surface area (Å²) in [5.41, 5.74) is 3.53. The van der Waals surface area contributed by atoms with Gasteiger partial charge in [0.05, 0.1) is 5.56 Å². The van der Waals surface area contributed by atoms with E-state index in [1.54, 1.807) is 18.2 Å². The van der Waals surface area contributed by atoms with Crippen molar-refractivity contribution in [3.05, 3.63) is 64.3 Å². The van der Waals surface area contributed by atoms with E-state index in [0.29, 0.717) is 16.3 Å². The molecule has 1 amide bonds. The minimum atomic E-state index is -0.672. The Bertz CT molecular complexity index is 973. The van der Waals surface area contributed by atoms with Crippen LogP contribution < -0.4 is 5.32 Å². The third-order valence-electron chi connectivity index (χ3n) is 4.26. The summed E-state index contributed by atoms with van der Waals surface area (Å²) in [5.74, 6) is -1.23. The average Bonchev–Trinajstić information content (AvgIpc) is 2.82. The fourth-order valence-corrected chi connectivity index (χ4v) is 2.96. The molecule has 0 saturated carbocycles. The number of benzene rings is 2. The Morgan fingerprint density at radius 2 is 1.79 bits per heavy atom. The van der Waals surface area contributed by atoms with Crippen molar-refractivity contribution < 1.29 is 9.59 Å². The highest BCUT2D eigenvalue weighted by atomic mass is 35.5. The summed E-state index contributed by atoms with van der Waals surface area (Å²) in [6, 6.07) is 12.7. The topological polar surface area (TPSA) is 51.1 Å². The number of anilines is 1. The van der Waals surface area contributed by atoms with Crippen molar-refractivity contribution in [2.24, 2.45) is 7.05 Å². The number of carbonyl (C=O) groups excluding carboxylic acids is 2. The molecule has 3 aromatic rings. The van der Waals surface area contributed by atoms with Gasteiger partial charge >= 0.3 is 0 Å². The SMILES string of the molecule is Cc1ccc(NC(=O)C(=O)c2c(C)n(C)c3ccccc23)cc1Cl. The van der Waals surface area contributed by atoms with Gasteiger partial charge in [0.15, 0.2) is 0 Å². The normalized spacial score (nSPS) is 10.8.